The molecule has 2 aliphatic carbocycles. The number of β-lactam (4-membered cyclic amide) rings is 1. The fourth-order valence-corrected chi connectivity index (χ4v) is 5.26. The average molecular weight is 378 g/mol. The molecule has 1 unspecified atom stereocenters. The second kappa shape index (κ2) is 7.98. The molecule has 4 aliphatic rings. The van der Waals surface area contributed by atoms with Gasteiger partial charge in [0.15, 0.2) is 6.10 Å². The highest BCUT2D eigenvalue weighted by Crippen LogP contribution is 2.48. The van der Waals surface area contributed by atoms with Crippen molar-refractivity contribution >= 4 is 11.9 Å². The molecule has 0 aromatic rings. The molecule has 2 aliphatic heterocycles. The first kappa shape index (κ1) is 19.0. The molecular weight excluding hydrogens is 342 g/mol. The number of piperidine rings is 1. The number of hydrogen-bond acceptors (Lipinski definition) is 3. The Kier molecular flexibility index (Phi) is 5.62. The molecule has 6 heteroatoms. The smallest absolute Gasteiger partial charge is 0.317 e. The minimum Gasteiger partial charge on any atom is -0.366 e. The number of rotatable bonds is 6. The third-order valence-corrected chi connectivity index (χ3v) is 6.99. The van der Waals surface area contributed by atoms with Gasteiger partial charge in [-0.15, -0.1) is 0 Å². The number of nitrogens with zero attached hydrogens (tertiary/aromatic N) is 2. The summed E-state index contributed by atoms with van der Waals surface area (Å²) in [6.07, 6.45) is 10.9. The van der Waals surface area contributed by atoms with Crippen LogP contribution in [0, 0.1) is 5.92 Å². The van der Waals surface area contributed by atoms with Crippen molar-refractivity contribution in [3.63, 3.8) is 0 Å². The van der Waals surface area contributed by atoms with Crippen LogP contribution in [0.5, 0.6) is 0 Å². The molecule has 3 amide bonds. The first-order chi connectivity index (χ1) is 13.2. The average Bonchev–Trinajstić information content (AvgIpc) is 3.52. The van der Waals surface area contributed by atoms with Crippen molar-refractivity contribution in [2.24, 2.45) is 5.92 Å². The van der Waals surface area contributed by atoms with Crippen molar-refractivity contribution in [2.75, 3.05) is 26.2 Å². The molecule has 152 valence electrons. The van der Waals surface area contributed by atoms with Crippen LogP contribution >= 0.6 is 0 Å². The van der Waals surface area contributed by atoms with Crippen LogP contribution < -0.4 is 5.32 Å². The van der Waals surface area contributed by atoms with Gasteiger partial charge in [0.1, 0.15) is 0 Å². The molecule has 1 N–H and O–H groups in total. The van der Waals surface area contributed by atoms with Gasteiger partial charge < -0.3 is 19.9 Å². The zero-order valence-electron chi connectivity index (χ0n) is 16.8. The van der Waals surface area contributed by atoms with Gasteiger partial charge in [-0.25, -0.2) is 4.79 Å². The van der Waals surface area contributed by atoms with E-state index >= 15 is 0 Å². The first-order valence-electron chi connectivity index (χ1n) is 11.1. The molecule has 1 atom stereocenters. The Morgan fingerprint density at radius 1 is 1.15 bits per heavy atom. The summed E-state index contributed by atoms with van der Waals surface area (Å²) in [5.41, 5.74) is -0.0540. The summed E-state index contributed by atoms with van der Waals surface area (Å²) in [7, 11) is 0. The van der Waals surface area contributed by atoms with E-state index in [4.69, 9.17) is 4.74 Å². The van der Waals surface area contributed by atoms with Crippen LogP contribution in [0.1, 0.15) is 71.1 Å². The third-order valence-electron chi connectivity index (χ3n) is 6.99. The van der Waals surface area contributed by atoms with Crippen LogP contribution in [0.2, 0.25) is 0 Å². The molecule has 1 spiro atoms. The predicted molar refractivity (Wildman–Crippen MR) is 103 cm³/mol. The first-order valence-corrected chi connectivity index (χ1v) is 11.1. The maximum atomic E-state index is 13.0. The van der Waals surface area contributed by atoms with Gasteiger partial charge in [-0.05, 0) is 50.9 Å². The monoisotopic (exact) mass is 377 g/mol. The van der Waals surface area contributed by atoms with Crippen molar-refractivity contribution < 1.29 is 14.3 Å². The number of urea groups is 1. The summed E-state index contributed by atoms with van der Waals surface area (Å²) in [6.45, 7) is 5.04. The molecule has 0 radical (unpaired) electrons. The summed E-state index contributed by atoms with van der Waals surface area (Å²) in [5.74, 6) is 0.906. The maximum absolute atomic E-state index is 13.0. The lowest BCUT2D eigenvalue weighted by Gasteiger charge is -2.62. The number of carbonyl (C=O) groups is 2. The van der Waals surface area contributed by atoms with E-state index in [0.717, 1.165) is 58.3 Å². The van der Waals surface area contributed by atoms with Gasteiger partial charge in [-0.2, -0.15) is 0 Å². The van der Waals surface area contributed by atoms with Crippen molar-refractivity contribution in [1.82, 2.24) is 15.1 Å². The lowest BCUT2D eigenvalue weighted by atomic mass is 9.68. The van der Waals surface area contributed by atoms with E-state index in [1.807, 2.05) is 4.90 Å². The van der Waals surface area contributed by atoms with Crippen LogP contribution in [-0.2, 0) is 9.53 Å². The summed E-state index contributed by atoms with van der Waals surface area (Å²) < 4.78 is 6.17. The molecule has 4 rings (SSSR count). The predicted octanol–water partition coefficient (Wildman–Crippen LogP) is 2.91. The quantitative estimate of drug-likeness (QED) is 0.724. The van der Waals surface area contributed by atoms with E-state index in [1.165, 1.54) is 32.1 Å². The normalized spacial score (nSPS) is 28.3. The molecule has 2 heterocycles. The Labute approximate surface area is 163 Å². The lowest BCUT2D eigenvalue weighted by Crippen LogP contribution is -2.78. The molecule has 0 aromatic carbocycles. The van der Waals surface area contributed by atoms with Crippen LogP contribution in [0.3, 0.4) is 0 Å². The number of ether oxygens (including phenoxy) is 1. The zero-order valence-corrected chi connectivity index (χ0v) is 16.8. The van der Waals surface area contributed by atoms with Gasteiger partial charge in [-0.3, -0.25) is 4.79 Å². The van der Waals surface area contributed by atoms with Gasteiger partial charge >= 0.3 is 6.03 Å². The Bertz CT molecular complexity index is 549. The molecule has 0 bridgehead atoms. The molecule has 2 saturated heterocycles. The summed E-state index contributed by atoms with van der Waals surface area (Å²) in [6, 6.07) is 0.315. The van der Waals surface area contributed by atoms with E-state index in [9.17, 15) is 9.59 Å². The minimum atomic E-state index is -0.204. The van der Waals surface area contributed by atoms with Gasteiger partial charge in [0, 0.05) is 25.7 Å². The number of amides is 3. The molecule has 2 saturated carbocycles. The fourth-order valence-electron chi connectivity index (χ4n) is 5.26. The molecule has 4 fully saturated rings. The Morgan fingerprint density at radius 3 is 2.48 bits per heavy atom. The number of nitrogens with one attached hydrogen (secondary N) is 1. The standard InChI is InChI=1S/C21H35N3O3/c1-2-12-22-20(26)23-13-8-17(9-14-23)24-19(25)18(27-15-16-6-7-16)21(24)10-4-3-5-11-21/h16-18H,2-15H2,1H3,(H,22,26). The number of hydrogen-bond donors (Lipinski definition) is 1. The largest absolute Gasteiger partial charge is 0.366 e. The Balaban J connectivity index is 1.37. The molecule has 6 nitrogen and oxygen atoms in total. The zero-order chi connectivity index (χ0) is 18.9. The number of carbonyl (C=O) groups excluding carboxylic acids is 2. The van der Waals surface area contributed by atoms with Gasteiger partial charge in [-0.1, -0.05) is 26.2 Å². The van der Waals surface area contributed by atoms with E-state index in [1.54, 1.807) is 0 Å². The lowest BCUT2D eigenvalue weighted by molar-refractivity contribution is -0.211. The molecular formula is C21H35N3O3. The summed E-state index contributed by atoms with van der Waals surface area (Å²) in [4.78, 5) is 29.3. The molecule has 27 heavy (non-hydrogen) atoms. The summed E-state index contributed by atoms with van der Waals surface area (Å²) >= 11 is 0. The topological polar surface area (TPSA) is 61.9 Å². The van der Waals surface area contributed by atoms with Crippen molar-refractivity contribution in [1.29, 1.82) is 0 Å². The summed E-state index contributed by atoms with van der Waals surface area (Å²) in [5, 5.41) is 2.97. The van der Waals surface area contributed by atoms with E-state index in [2.05, 4.69) is 17.1 Å². The second-order valence-electron chi connectivity index (χ2n) is 8.98. The van der Waals surface area contributed by atoms with Crippen molar-refractivity contribution in [3.8, 4) is 0 Å². The molecule has 0 aromatic heterocycles. The van der Waals surface area contributed by atoms with Gasteiger partial charge in [0.25, 0.3) is 5.91 Å². The van der Waals surface area contributed by atoms with E-state index in [0.29, 0.717) is 5.92 Å². The maximum Gasteiger partial charge on any atom is 0.317 e. The van der Waals surface area contributed by atoms with E-state index < -0.39 is 0 Å². The van der Waals surface area contributed by atoms with Crippen LogP contribution in [-0.4, -0.2) is 65.7 Å². The number of likely N-dealkylation sites (tertiary alicyclic amines) is 2. The van der Waals surface area contributed by atoms with Crippen molar-refractivity contribution in [3.05, 3.63) is 0 Å². The second-order valence-corrected chi connectivity index (χ2v) is 8.98. The Morgan fingerprint density at radius 2 is 1.85 bits per heavy atom. The SMILES string of the molecule is CCCNC(=O)N1CCC(N2C(=O)C(OCC3CC3)C23CCCCC3)CC1. The fraction of sp³-hybridized carbons (Fsp3) is 0.905. The minimum absolute atomic E-state index is 0.0447. The van der Waals surface area contributed by atoms with Crippen LogP contribution in [0.15, 0.2) is 0 Å². The third kappa shape index (κ3) is 3.69. The van der Waals surface area contributed by atoms with Crippen LogP contribution in [0.25, 0.3) is 0 Å². The van der Waals surface area contributed by atoms with Crippen molar-refractivity contribution in [2.45, 2.75) is 88.8 Å². The Hall–Kier alpha value is -1.30. The van der Waals surface area contributed by atoms with E-state index in [-0.39, 0.29) is 29.6 Å². The highest BCUT2D eigenvalue weighted by Gasteiger charge is 2.62. The van der Waals surface area contributed by atoms with Gasteiger partial charge in [0.05, 0.1) is 12.1 Å². The van der Waals surface area contributed by atoms with Crippen LogP contribution in [0.4, 0.5) is 4.79 Å². The highest BCUT2D eigenvalue weighted by molar-refractivity contribution is 5.91. The van der Waals surface area contributed by atoms with Gasteiger partial charge in [0.2, 0.25) is 0 Å². The highest BCUT2D eigenvalue weighted by atomic mass is 16.5.